The topological polar surface area (TPSA) is 49.7 Å². The summed E-state index contributed by atoms with van der Waals surface area (Å²) in [6, 6.07) is 4.26. The molecule has 1 aliphatic heterocycles. The van der Waals surface area contributed by atoms with E-state index in [0.29, 0.717) is 11.7 Å². The van der Waals surface area contributed by atoms with Gasteiger partial charge in [-0.1, -0.05) is 35.2 Å². The normalized spacial score (nSPS) is 29.9. The van der Waals surface area contributed by atoms with E-state index in [9.17, 15) is 10.2 Å². The first kappa shape index (κ1) is 20.5. The maximum atomic E-state index is 11.1. The van der Waals surface area contributed by atoms with Crippen molar-refractivity contribution >= 4 is 15.9 Å². The molecule has 4 rings (SSSR count). The lowest BCUT2D eigenvalue weighted by atomic mass is 9.61. The van der Waals surface area contributed by atoms with Crippen molar-refractivity contribution in [1.82, 2.24) is 0 Å². The number of alkyl halides is 1. The van der Waals surface area contributed by atoms with E-state index in [0.717, 1.165) is 35.9 Å². The molecule has 0 spiro atoms. The highest BCUT2D eigenvalue weighted by Gasteiger charge is 2.48. The first-order chi connectivity index (χ1) is 13.4. The predicted molar refractivity (Wildman–Crippen MR) is 117 cm³/mol. The van der Waals surface area contributed by atoms with Crippen LogP contribution in [0.5, 0.6) is 11.5 Å². The van der Waals surface area contributed by atoms with Gasteiger partial charge in [-0.25, -0.2) is 0 Å². The summed E-state index contributed by atoms with van der Waals surface area (Å²) in [5, 5.41) is 22.4. The van der Waals surface area contributed by atoms with Crippen LogP contribution in [0.2, 0.25) is 0 Å². The second-order valence-electron chi connectivity index (χ2n) is 9.93. The summed E-state index contributed by atoms with van der Waals surface area (Å²) in [5.74, 6) is 1.79. The first-order valence-electron chi connectivity index (χ1n) is 11.2. The van der Waals surface area contributed by atoms with Gasteiger partial charge in [0.15, 0.2) is 0 Å². The Morgan fingerprint density at radius 1 is 1.14 bits per heavy atom. The maximum absolute atomic E-state index is 11.1. The van der Waals surface area contributed by atoms with Gasteiger partial charge in [0.2, 0.25) is 0 Å². The highest BCUT2D eigenvalue weighted by Crippen LogP contribution is 2.57. The zero-order valence-corrected chi connectivity index (χ0v) is 18.9. The number of benzene rings is 1. The average molecular weight is 451 g/mol. The van der Waals surface area contributed by atoms with Crippen molar-refractivity contribution in [3.8, 4) is 11.5 Å². The monoisotopic (exact) mass is 450 g/mol. The maximum Gasteiger partial charge on any atom is 0.127 e. The molecule has 1 aromatic carbocycles. The predicted octanol–water partition coefficient (Wildman–Crippen LogP) is 6.18. The van der Waals surface area contributed by atoms with Gasteiger partial charge in [-0.3, -0.25) is 0 Å². The summed E-state index contributed by atoms with van der Waals surface area (Å²) in [4.78, 5) is 0. The number of rotatable bonds is 6. The van der Waals surface area contributed by atoms with Gasteiger partial charge in [0, 0.05) is 22.7 Å². The molecule has 0 radical (unpaired) electrons. The first-order valence-corrected chi connectivity index (χ1v) is 12.3. The molecule has 2 saturated carbocycles. The van der Waals surface area contributed by atoms with E-state index < -0.39 is 0 Å². The van der Waals surface area contributed by atoms with Crippen molar-refractivity contribution in [3.05, 3.63) is 23.3 Å². The average Bonchev–Trinajstić information content (AvgIpc) is 2.59. The minimum Gasteiger partial charge on any atom is -0.508 e. The molecule has 3 aliphatic rings. The largest absolute Gasteiger partial charge is 0.508 e. The molecular weight excluding hydrogens is 416 g/mol. The number of ether oxygens (including phenoxy) is 1. The molecule has 2 fully saturated rings. The number of phenolic OH excluding ortho intramolecular Hbond substituents is 1. The third-order valence-electron chi connectivity index (χ3n) is 7.79. The summed E-state index contributed by atoms with van der Waals surface area (Å²) < 4.78 is 6.50. The van der Waals surface area contributed by atoms with Gasteiger partial charge in [-0.2, -0.15) is 0 Å². The number of hydrogen-bond acceptors (Lipinski definition) is 3. The van der Waals surface area contributed by atoms with Crippen LogP contribution >= 0.6 is 15.9 Å². The Morgan fingerprint density at radius 2 is 1.93 bits per heavy atom. The Morgan fingerprint density at radius 3 is 2.61 bits per heavy atom. The standard InChI is InChI=1S/C24H35BrO3/c1-23(2)19-8-7-17(26)15-18(19)22-20(27)13-16(14-21(22)28-23)24(10-6-11-24)9-4-3-5-12-25/h13-14,17-19,26-27H,3-12,15H2,1-2H3/t17-,18-,19-/m1/s1. The second kappa shape index (κ2) is 7.83. The van der Waals surface area contributed by atoms with Gasteiger partial charge < -0.3 is 14.9 Å². The molecule has 0 unspecified atom stereocenters. The fourth-order valence-corrected chi connectivity index (χ4v) is 6.45. The number of aromatic hydroxyl groups is 1. The number of phenols is 1. The number of aliphatic hydroxyl groups is 1. The van der Waals surface area contributed by atoms with Gasteiger partial charge >= 0.3 is 0 Å². The molecule has 1 aromatic rings. The Bertz CT molecular complexity index is 710. The molecule has 4 heteroatoms. The third kappa shape index (κ3) is 3.60. The number of halogens is 1. The van der Waals surface area contributed by atoms with Gasteiger partial charge in [0.05, 0.1) is 6.10 Å². The van der Waals surface area contributed by atoms with Crippen LogP contribution < -0.4 is 4.74 Å². The van der Waals surface area contributed by atoms with E-state index in [2.05, 4.69) is 35.8 Å². The molecule has 0 aromatic heterocycles. The van der Waals surface area contributed by atoms with Gasteiger partial charge in [-0.15, -0.1) is 0 Å². The highest BCUT2D eigenvalue weighted by molar-refractivity contribution is 9.09. The fourth-order valence-electron chi connectivity index (χ4n) is 6.06. The van der Waals surface area contributed by atoms with E-state index in [1.54, 1.807) is 0 Å². The third-order valence-corrected chi connectivity index (χ3v) is 8.35. The molecule has 28 heavy (non-hydrogen) atoms. The van der Waals surface area contributed by atoms with Gasteiger partial charge in [-0.05, 0) is 81.9 Å². The number of unbranched alkanes of at least 4 members (excludes halogenated alkanes) is 2. The summed E-state index contributed by atoms with van der Waals surface area (Å²) >= 11 is 3.53. The van der Waals surface area contributed by atoms with Crippen LogP contribution in [0.1, 0.15) is 95.1 Å². The molecule has 3 nitrogen and oxygen atoms in total. The lowest BCUT2D eigenvalue weighted by Gasteiger charge is -2.49. The second-order valence-corrected chi connectivity index (χ2v) is 10.7. The molecule has 2 aliphatic carbocycles. The molecule has 156 valence electrons. The highest BCUT2D eigenvalue weighted by atomic mass is 79.9. The van der Waals surface area contributed by atoms with Crippen LogP contribution in [0, 0.1) is 5.92 Å². The molecule has 0 saturated heterocycles. The lowest BCUT2D eigenvalue weighted by molar-refractivity contribution is -0.0318. The van der Waals surface area contributed by atoms with Gasteiger partial charge in [0.1, 0.15) is 17.1 Å². The summed E-state index contributed by atoms with van der Waals surface area (Å²) in [5.41, 5.74) is 2.17. The van der Waals surface area contributed by atoms with Crippen molar-refractivity contribution < 1.29 is 14.9 Å². The molecular formula is C24H35BrO3. The number of fused-ring (bicyclic) bond motifs is 3. The van der Waals surface area contributed by atoms with E-state index >= 15 is 0 Å². The molecule has 1 heterocycles. The van der Waals surface area contributed by atoms with E-state index in [1.807, 2.05) is 6.07 Å². The molecule has 2 N–H and O–H groups in total. The number of hydrogen-bond donors (Lipinski definition) is 2. The smallest absolute Gasteiger partial charge is 0.127 e. The zero-order chi connectivity index (χ0) is 19.9. The van der Waals surface area contributed by atoms with Crippen LogP contribution in [0.15, 0.2) is 12.1 Å². The molecule has 0 bridgehead atoms. The Balaban J connectivity index is 1.66. The zero-order valence-electron chi connectivity index (χ0n) is 17.3. The van der Waals surface area contributed by atoms with Crippen molar-refractivity contribution in [3.63, 3.8) is 0 Å². The summed E-state index contributed by atoms with van der Waals surface area (Å²) in [6.07, 6.45) is 10.9. The van der Waals surface area contributed by atoms with Crippen LogP contribution in [-0.4, -0.2) is 27.2 Å². The van der Waals surface area contributed by atoms with Crippen molar-refractivity contribution in [2.45, 2.75) is 101 Å². The van der Waals surface area contributed by atoms with Gasteiger partial charge in [0.25, 0.3) is 0 Å². The van der Waals surface area contributed by atoms with Crippen molar-refractivity contribution in [1.29, 1.82) is 0 Å². The Hall–Kier alpha value is -0.740. The van der Waals surface area contributed by atoms with Crippen LogP contribution in [0.3, 0.4) is 0 Å². The quantitative estimate of drug-likeness (QED) is 0.401. The molecule has 0 amide bonds. The summed E-state index contributed by atoms with van der Waals surface area (Å²) in [6.45, 7) is 4.35. The lowest BCUT2D eigenvalue weighted by Crippen LogP contribution is -2.47. The van der Waals surface area contributed by atoms with Crippen LogP contribution in [0.25, 0.3) is 0 Å². The van der Waals surface area contributed by atoms with E-state index in [4.69, 9.17) is 4.74 Å². The van der Waals surface area contributed by atoms with Crippen molar-refractivity contribution in [2.24, 2.45) is 5.92 Å². The van der Waals surface area contributed by atoms with Crippen LogP contribution in [-0.2, 0) is 5.41 Å². The SMILES string of the molecule is CC1(C)Oc2cc(C3(CCCCCBr)CCC3)cc(O)c2[C@@H]2C[C@H](O)CC[C@H]21. The summed E-state index contributed by atoms with van der Waals surface area (Å²) in [7, 11) is 0. The van der Waals surface area contributed by atoms with Crippen LogP contribution in [0.4, 0.5) is 0 Å². The molecule has 3 atom stereocenters. The fraction of sp³-hybridized carbons (Fsp3) is 0.750. The minimum absolute atomic E-state index is 0.188. The van der Waals surface area contributed by atoms with E-state index in [1.165, 1.54) is 50.5 Å². The Labute approximate surface area is 178 Å². The minimum atomic E-state index is -0.269. The Kier molecular flexibility index (Phi) is 5.74. The van der Waals surface area contributed by atoms with E-state index in [-0.39, 0.29) is 23.0 Å². The number of aliphatic hydroxyl groups excluding tert-OH is 1. The van der Waals surface area contributed by atoms with Crippen molar-refractivity contribution in [2.75, 3.05) is 5.33 Å².